The number of benzene rings is 8. The number of aromatic nitrogens is 5. The Labute approximate surface area is 344 Å². The normalized spacial score (nSPS) is 12.2. The van der Waals surface area contributed by atoms with Crippen molar-refractivity contribution < 1.29 is 0 Å². The van der Waals surface area contributed by atoms with Crippen molar-refractivity contribution in [1.82, 2.24) is 24.5 Å². The summed E-state index contributed by atoms with van der Waals surface area (Å²) < 4.78 is 2.32. The third-order valence-electron chi connectivity index (χ3n) is 11.5. The van der Waals surface area contributed by atoms with Gasteiger partial charge in [0.05, 0.1) is 33.0 Å². The van der Waals surface area contributed by atoms with E-state index in [1.165, 1.54) is 10.8 Å². The van der Waals surface area contributed by atoms with Crippen LogP contribution in [0.1, 0.15) is 0 Å². The van der Waals surface area contributed by atoms with Gasteiger partial charge in [-0.3, -0.25) is 9.98 Å². The van der Waals surface area contributed by atoms with Crippen LogP contribution in [0, 0.1) is 0 Å². The highest BCUT2D eigenvalue weighted by Gasteiger charge is 2.19. The van der Waals surface area contributed by atoms with Crippen molar-refractivity contribution in [2.24, 2.45) is 9.98 Å². The van der Waals surface area contributed by atoms with Crippen molar-refractivity contribution in [3.63, 3.8) is 0 Å². The van der Waals surface area contributed by atoms with E-state index in [1.807, 2.05) is 42.5 Å². The molecule has 4 heterocycles. The van der Waals surface area contributed by atoms with Gasteiger partial charge in [-0.15, -0.1) is 0 Å². The van der Waals surface area contributed by atoms with Gasteiger partial charge in [0, 0.05) is 60.4 Å². The predicted octanol–water partition coefficient (Wildman–Crippen LogP) is 11.2. The van der Waals surface area contributed by atoms with Crippen LogP contribution in [0.4, 0.5) is 0 Å². The summed E-state index contributed by atoms with van der Waals surface area (Å²) in [7, 11) is 0. The maximum Gasteiger partial charge on any atom is 0.164 e. The fraction of sp³-hybridized carbons (Fsp3) is 0.0189. The van der Waals surface area contributed by atoms with Crippen LogP contribution < -0.4 is 10.7 Å². The molecule has 11 aromatic rings. The van der Waals surface area contributed by atoms with Crippen molar-refractivity contribution in [3.8, 4) is 62.2 Å². The highest BCUT2D eigenvalue weighted by atomic mass is 15.0. The Morgan fingerprint density at radius 1 is 0.367 bits per heavy atom. The molecule has 8 aromatic carbocycles. The lowest BCUT2D eigenvalue weighted by Crippen LogP contribution is -2.25. The monoisotopic (exact) mass is 767 g/mol. The predicted molar refractivity (Wildman–Crippen MR) is 241 cm³/mol. The largest absolute Gasteiger partial charge is 0.309 e. The first-order valence-electron chi connectivity index (χ1n) is 20.1. The van der Waals surface area contributed by atoms with E-state index in [0.29, 0.717) is 24.1 Å². The quantitative estimate of drug-likeness (QED) is 0.158. The second-order valence-electron chi connectivity index (χ2n) is 15.0. The summed E-state index contributed by atoms with van der Waals surface area (Å²) in [6.07, 6.45) is 0. The molecule has 0 radical (unpaired) electrons. The maximum absolute atomic E-state index is 5.20. The Kier molecular flexibility index (Phi) is 7.78. The van der Waals surface area contributed by atoms with E-state index in [0.717, 1.165) is 88.2 Å². The third-order valence-corrected chi connectivity index (χ3v) is 11.5. The summed E-state index contributed by atoms with van der Waals surface area (Å²) in [5, 5.41) is 7.47. The third kappa shape index (κ3) is 5.51. The number of rotatable bonds is 6. The van der Waals surface area contributed by atoms with Crippen molar-refractivity contribution in [3.05, 3.63) is 199 Å². The first-order valence-corrected chi connectivity index (χ1v) is 20.1. The number of pyridine rings is 1. The molecular weight excluding hydrogens is 735 g/mol. The van der Waals surface area contributed by atoms with Gasteiger partial charge in [-0.2, -0.15) is 0 Å². The van der Waals surface area contributed by atoms with Crippen LogP contribution in [0.25, 0.3) is 106 Å². The molecule has 3 aromatic heterocycles. The van der Waals surface area contributed by atoms with Crippen molar-refractivity contribution in [1.29, 1.82) is 0 Å². The molecule has 60 heavy (non-hydrogen) atoms. The van der Waals surface area contributed by atoms with Gasteiger partial charge in [0.15, 0.2) is 17.5 Å². The highest BCUT2D eigenvalue weighted by Crippen LogP contribution is 2.35. The van der Waals surface area contributed by atoms with Gasteiger partial charge in [-0.25, -0.2) is 19.9 Å². The van der Waals surface area contributed by atoms with E-state index in [9.17, 15) is 0 Å². The standard InChI is InChI=1S/C53H33N7/c1-3-14-34(15-4-1)48-43-31-42(49-50(55-32-54-49)47(43)41-22-7-10-23-44(41)56-48)33-26-28-36(29-27-33)52-57-51(35-16-5-2-6-17-35)58-53(59-52)37-18-13-19-38(30-37)60-45-24-11-8-20-39(45)40-21-9-12-25-46(40)60/h1-31H,32H2. The SMILES string of the molecule is c1ccc(-c2nc(-c3ccc(-c4cc5c(-c6ccccc6)nc6ccccc6c5c5c4=NCN=5)cc3)nc(-c3cccc(-n4c5ccccc5c5ccccc54)c3)n2)cc1. The van der Waals surface area contributed by atoms with Crippen LogP contribution in [0.3, 0.4) is 0 Å². The lowest BCUT2D eigenvalue weighted by atomic mass is 9.94. The van der Waals surface area contributed by atoms with E-state index in [2.05, 4.69) is 150 Å². The number of para-hydroxylation sites is 3. The summed E-state index contributed by atoms with van der Waals surface area (Å²) in [6, 6.07) is 65.1. The first kappa shape index (κ1) is 33.9. The molecule has 1 aliphatic rings. The van der Waals surface area contributed by atoms with Gasteiger partial charge in [0.2, 0.25) is 0 Å². The molecule has 0 fully saturated rings. The van der Waals surface area contributed by atoms with Crippen molar-refractivity contribution >= 4 is 43.5 Å². The molecule has 0 saturated heterocycles. The molecule has 280 valence electrons. The smallest absolute Gasteiger partial charge is 0.164 e. The van der Waals surface area contributed by atoms with Gasteiger partial charge in [-0.1, -0.05) is 152 Å². The number of nitrogens with zero attached hydrogens (tertiary/aromatic N) is 7. The van der Waals surface area contributed by atoms with Gasteiger partial charge in [0.25, 0.3) is 0 Å². The fourth-order valence-corrected chi connectivity index (χ4v) is 8.74. The average molecular weight is 768 g/mol. The van der Waals surface area contributed by atoms with E-state index < -0.39 is 0 Å². The average Bonchev–Trinajstić information content (AvgIpc) is 3.95. The molecule has 7 nitrogen and oxygen atoms in total. The molecule has 0 amide bonds. The van der Waals surface area contributed by atoms with Gasteiger partial charge in [-0.05, 0) is 42.0 Å². The number of fused-ring (bicyclic) bond motifs is 8. The maximum atomic E-state index is 5.20. The summed E-state index contributed by atoms with van der Waals surface area (Å²) in [5.41, 5.74) is 11.0. The lowest BCUT2D eigenvalue weighted by molar-refractivity contribution is 1.06. The fourth-order valence-electron chi connectivity index (χ4n) is 8.74. The van der Waals surface area contributed by atoms with Gasteiger partial charge < -0.3 is 4.57 Å². The van der Waals surface area contributed by atoms with E-state index in [4.69, 9.17) is 29.9 Å². The second-order valence-corrected chi connectivity index (χ2v) is 15.0. The second kappa shape index (κ2) is 13.7. The molecule has 0 atom stereocenters. The van der Waals surface area contributed by atoms with Crippen LogP contribution >= 0.6 is 0 Å². The molecule has 1 aliphatic heterocycles. The Morgan fingerprint density at radius 2 is 0.900 bits per heavy atom. The van der Waals surface area contributed by atoms with Crippen LogP contribution in [0.2, 0.25) is 0 Å². The van der Waals surface area contributed by atoms with Crippen molar-refractivity contribution in [2.45, 2.75) is 0 Å². The van der Waals surface area contributed by atoms with Crippen LogP contribution in [0.5, 0.6) is 0 Å². The first-order chi connectivity index (χ1) is 29.7. The topological polar surface area (TPSA) is 81.2 Å². The summed E-state index contributed by atoms with van der Waals surface area (Å²) in [4.78, 5) is 30.4. The van der Waals surface area contributed by atoms with Crippen molar-refractivity contribution in [2.75, 3.05) is 6.67 Å². The Morgan fingerprint density at radius 3 is 1.60 bits per heavy atom. The van der Waals surface area contributed by atoms with Crippen LogP contribution in [0.15, 0.2) is 198 Å². The number of hydrogen-bond donors (Lipinski definition) is 0. The molecule has 12 rings (SSSR count). The lowest BCUT2D eigenvalue weighted by Gasteiger charge is -2.13. The molecule has 0 saturated carbocycles. The summed E-state index contributed by atoms with van der Waals surface area (Å²) in [5.74, 6) is 1.81. The Bertz CT molecular complexity index is 3560. The van der Waals surface area contributed by atoms with E-state index in [-0.39, 0.29) is 0 Å². The molecule has 0 aliphatic carbocycles. The van der Waals surface area contributed by atoms with Crippen LogP contribution in [-0.4, -0.2) is 31.2 Å². The minimum Gasteiger partial charge on any atom is -0.309 e. The zero-order valence-corrected chi connectivity index (χ0v) is 32.2. The number of hydrogen-bond acceptors (Lipinski definition) is 6. The summed E-state index contributed by atoms with van der Waals surface area (Å²) >= 11 is 0. The zero-order chi connectivity index (χ0) is 39.6. The molecule has 0 spiro atoms. The minimum absolute atomic E-state index is 0.394. The summed E-state index contributed by atoms with van der Waals surface area (Å²) in [6.45, 7) is 0.394. The Balaban J connectivity index is 0.997. The molecule has 0 unspecified atom stereocenters. The van der Waals surface area contributed by atoms with Crippen LogP contribution in [-0.2, 0) is 0 Å². The van der Waals surface area contributed by atoms with Gasteiger partial charge >= 0.3 is 0 Å². The van der Waals surface area contributed by atoms with Gasteiger partial charge in [0.1, 0.15) is 6.67 Å². The minimum atomic E-state index is 0.394. The molecule has 0 bridgehead atoms. The molecule has 0 N–H and O–H groups in total. The molecule has 7 heteroatoms. The Hall–Kier alpha value is -8.16. The zero-order valence-electron chi connectivity index (χ0n) is 32.2. The van der Waals surface area contributed by atoms with E-state index >= 15 is 0 Å². The molecular formula is C53H33N7. The van der Waals surface area contributed by atoms with E-state index in [1.54, 1.807) is 0 Å². The highest BCUT2D eigenvalue weighted by molar-refractivity contribution is 6.12.